The van der Waals surface area contributed by atoms with Gasteiger partial charge in [0.15, 0.2) is 11.5 Å². The molecular formula is C28H36F3N3O5. The second kappa shape index (κ2) is 12.1. The van der Waals surface area contributed by atoms with Crippen molar-refractivity contribution in [1.82, 2.24) is 10.2 Å². The number of carboxylic acid groups (broad SMARTS) is 1. The number of hydrogen-bond acceptors (Lipinski definition) is 5. The van der Waals surface area contributed by atoms with Gasteiger partial charge in [0, 0.05) is 23.2 Å². The largest absolute Gasteiger partial charge is 0.493 e. The van der Waals surface area contributed by atoms with E-state index >= 15 is 0 Å². The van der Waals surface area contributed by atoms with Gasteiger partial charge in [-0.25, -0.2) is 9.59 Å². The summed E-state index contributed by atoms with van der Waals surface area (Å²) in [7, 11) is 5.56. The number of aliphatic carboxylic acids is 1. The lowest BCUT2D eigenvalue weighted by atomic mass is 9.65. The summed E-state index contributed by atoms with van der Waals surface area (Å²) < 4.78 is 42.8. The Morgan fingerprint density at radius 2 is 1.72 bits per heavy atom. The Morgan fingerprint density at radius 3 is 2.33 bits per heavy atom. The van der Waals surface area contributed by atoms with E-state index in [1.807, 2.05) is 32.0 Å². The molecule has 0 aromatic heterocycles. The van der Waals surface area contributed by atoms with E-state index in [-0.39, 0.29) is 17.5 Å². The maximum absolute atomic E-state index is 12.8. The molecule has 2 amide bonds. The molecular weight excluding hydrogens is 515 g/mol. The van der Waals surface area contributed by atoms with Crippen LogP contribution in [-0.2, 0) is 10.2 Å². The van der Waals surface area contributed by atoms with Gasteiger partial charge in [0.2, 0.25) is 0 Å². The Balaban J connectivity index is 0.000000532. The summed E-state index contributed by atoms with van der Waals surface area (Å²) in [5, 5.41) is 13.4. The molecule has 2 aromatic carbocycles. The first-order chi connectivity index (χ1) is 18.3. The lowest BCUT2D eigenvalue weighted by molar-refractivity contribution is -0.192. The van der Waals surface area contributed by atoms with Gasteiger partial charge in [-0.3, -0.25) is 0 Å². The third-order valence-electron chi connectivity index (χ3n) is 7.70. The molecule has 0 spiro atoms. The Hall–Kier alpha value is -3.47. The average molecular weight is 552 g/mol. The number of benzene rings is 2. The fourth-order valence-electron chi connectivity index (χ4n) is 5.61. The molecule has 2 aliphatic rings. The minimum Gasteiger partial charge on any atom is -0.493 e. The number of halogens is 3. The van der Waals surface area contributed by atoms with Crippen LogP contribution in [0.5, 0.6) is 11.5 Å². The van der Waals surface area contributed by atoms with Crippen molar-refractivity contribution in [2.75, 3.05) is 33.1 Å². The molecule has 3 atom stereocenters. The Morgan fingerprint density at radius 1 is 1.05 bits per heavy atom. The van der Waals surface area contributed by atoms with Crippen molar-refractivity contribution >= 4 is 17.7 Å². The Bertz CT molecular complexity index is 1190. The van der Waals surface area contributed by atoms with Crippen LogP contribution in [0.3, 0.4) is 0 Å². The number of aryl methyl sites for hydroxylation is 2. The van der Waals surface area contributed by atoms with Crippen molar-refractivity contribution in [3.05, 3.63) is 53.1 Å². The van der Waals surface area contributed by atoms with Gasteiger partial charge in [0.05, 0.1) is 14.2 Å². The summed E-state index contributed by atoms with van der Waals surface area (Å²) in [5.41, 5.74) is 4.46. The number of carbonyl (C=O) groups is 2. The van der Waals surface area contributed by atoms with Crippen molar-refractivity contribution in [1.29, 1.82) is 0 Å². The predicted octanol–water partition coefficient (Wildman–Crippen LogP) is 5.27. The van der Waals surface area contributed by atoms with Crippen molar-refractivity contribution in [3.8, 4) is 11.5 Å². The average Bonchev–Trinajstić information content (AvgIpc) is 3.22. The summed E-state index contributed by atoms with van der Waals surface area (Å²) >= 11 is 0. The van der Waals surface area contributed by atoms with Crippen LogP contribution in [0.2, 0.25) is 0 Å². The lowest BCUT2D eigenvalue weighted by Gasteiger charge is -2.45. The number of fused-ring (bicyclic) bond motifs is 1. The molecule has 4 rings (SSSR count). The lowest BCUT2D eigenvalue weighted by Crippen LogP contribution is -2.52. The first-order valence-corrected chi connectivity index (χ1v) is 12.7. The quantitative estimate of drug-likeness (QED) is 0.468. The van der Waals surface area contributed by atoms with Gasteiger partial charge in [0.25, 0.3) is 0 Å². The summed E-state index contributed by atoms with van der Waals surface area (Å²) in [4.78, 5) is 24.1. The molecule has 1 heterocycles. The van der Waals surface area contributed by atoms with E-state index in [1.165, 1.54) is 5.56 Å². The molecule has 0 radical (unpaired) electrons. The summed E-state index contributed by atoms with van der Waals surface area (Å²) in [6.45, 7) is 5.11. The minimum atomic E-state index is -5.08. The van der Waals surface area contributed by atoms with Crippen LogP contribution in [0.4, 0.5) is 23.7 Å². The molecule has 2 aromatic rings. The number of methoxy groups -OCH3 is 2. The van der Waals surface area contributed by atoms with Gasteiger partial charge in [-0.05, 0) is 88.0 Å². The maximum atomic E-state index is 12.8. The third-order valence-corrected chi connectivity index (χ3v) is 7.70. The number of alkyl halides is 3. The first-order valence-electron chi connectivity index (χ1n) is 12.7. The zero-order chi connectivity index (χ0) is 29.0. The molecule has 0 bridgehead atoms. The summed E-state index contributed by atoms with van der Waals surface area (Å²) in [6.07, 6.45) is -1.04. The number of urea groups is 1. The van der Waals surface area contributed by atoms with E-state index in [0.29, 0.717) is 6.04 Å². The number of carbonyl (C=O) groups excluding carboxylic acids is 1. The second-order valence-corrected chi connectivity index (χ2v) is 10.2. The number of likely N-dealkylation sites (N-methyl/N-ethyl adjacent to an activating group) is 1. The SMILES string of the molecule is COc1ccc(C23CCC(NC(=O)Nc4cc(C)ccc4C)CC2N(C)CC3)cc1OC.O=C(O)C(F)(F)F. The number of rotatable bonds is 5. The zero-order valence-corrected chi connectivity index (χ0v) is 22.8. The number of likely N-dealkylation sites (tertiary alicyclic amines) is 1. The summed E-state index contributed by atoms with van der Waals surface area (Å²) in [5.74, 6) is -1.22. The number of anilines is 1. The molecule has 214 valence electrons. The highest BCUT2D eigenvalue weighted by Gasteiger charge is 2.50. The van der Waals surface area contributed by atoms with E-state index in [1.54, 1.807) is 14.2 Å². The van der Waals surface area contributed by atoms with Gasteiger partial charge in [-0.15, -0.1) is 0 Å². The Kier molecular flexibility index (Phi) is 9.37. The Labute approximate surface area is 226 Å². The fourth-order valence-corrected chi connectivity index (χ4v) is 5.61. The molecule has 3 N–H and O–H groups in total. The zero-order valence-electron chi connectivity index (χ0n) is 22.8. The van der Waals surface area contributed by atoms with Crippen LogP contribution in [0.1, 0.15) is 42.4 Å². The number of carboxylic acids is 1. The number of hydrogen-bond donors (Lipinski definition) is 3. The molecule has 1 saturated heterocycles. The highest BCUT2D eigenvalue weighted by Crippen LogP contribution is 2.49. The molecule has 11 heteroatoms. The van der Waals surface area contributed by atoms with E-state index in [0.717, 1.165) is 60.5 Å². The van der Waals surface area contributed by atoms with Crippen molar-refractivity contribution in [2.24, 2.45) is 0 Å². The van der Waals surface area contributed by atoms with Crippen LogP contribution < -0.4 is 20.1 Å². The van der Waals surface area contributed by atoms with Gasteiger partial charge >= 0.3 is 18.2 Å². The molecule has 2 fully saturated rings. The van der Waals surface area contributed by atoms with Crippen molar-refractivity contribution in [2.45, 2.75) is 63.2 Å². The minimum absolute atomic E-state index is 0.0795. The number of nitrogens with one attached hydrogen (secondary N) is 2. The van der Waals surface area contributed by atoms with Gasteiger partial charge in [-0.2, -0.15) is 13.2 Å². The highest BCUT2D eigenvalue weighted by atomic mass is 19.4. The van der Waals surface area contributed by atoms with Crippen LogP contribution in [-0.4, -0.2) is 68.1 Å². The molecule has 39 heavy (non-hydrogen) atoms. The molecule has 8 nitrogen and oxygen atoms in total. The maximum Gasteiger partial charge on any atom is 0.490 e. The molecule has 1 saturated carbocycles. The predicted molar refractivity (Wildman–Crippen MR) is 142 cm³/mol. The van der Waals surface area contributed by atoms with Crippen molar-refractivity contribution < 1.29 is 37.3 Å². The van der Waals surface area contributed by atoms with E-state index in [9.17, 15) is 18.0 Å². The normalized spacial score (nSPS) is 22.7. The van der Waals surface area contributed by atoms with Gasteiger partial charge < -0.3 is 30.1 Å². The van der Waals surface area contributed by atoms with E-state index < -0.39 is 12.1 Å². The molecule has 3 unspecified atom stereocenters. The standard InChI is InChI=1S/C26H35N3O3.C2HF3O2/c1-17-6-7-18(2)21(14-17)28-25(30)27-20-10-11-26(12-13-29(3)24(26)16-20)19-8-9-22(31-4)23(15-19)32-5;3-2(4,5)1(6)7/h6-9,14-15,20,24H,10-13,16H2,1-5H3,(H2,27,28,30);(H,6,7). The van der Waals surface area contributed by atoms with Crippen LogP contribution in [0.15, 0.2) is 36.4 Å². The topological polar surface area (TPSA) is 100 Å². The smallest absolute Gasteiger partial charge is 0.490 e. The van der Waals surface area contributed by atoms with E-state index in [2.05, 4.69) is 40.8 Å². The van der Waals surface area contributed by atoms with Gasteiger partial charge in [-0.1, -0.05) is 18.2 Å². The second-order valence-electron chi connectivity index (χ2n) is 10.2. The number of ether oxygens (including phenoxy) is 2. The number of amides is 2. The van der Waals surface area contributed by atoms with Crippen LogP contribution >= 0.6 is 0 Å². The van der Waals surface area contributed by atoms with Gasteiger partial charge in [0.1, 0.15) is 0 Å². The molecule has 1 aliphatic carbocycles. The molecule has 1 aliphatic heterocycles. The monoisotopic (exact) mass is 551 g/mol. The van der Waals surface area contributed by atoms with Crippen LogP contribution in [0, 0.1) is 13.8 Å². The van der Waals surface area contributed by atoms with Crippen molar-refractivity contribution in [3.63, 3.8) is 0 Å². The fraction of sp³-hybridized carbons (Fsp3) is 0.500. The number of nitrogens with zero attached hydrogens (tertiary/aromatic N) is 1. The first kappa shape index (κ1) is 30.1. The van der Waals surface area contributed by atoms with E-state index in [4.69, 9.17) is 19.4 Å². The highest BCUT2D eigenvalue weighted by molar-refractivity contribution is 5.90. The summed E-state index contributed by atoms with van der Waals surface area (Å²) in [6, 6.07) is 12.9. The van der Waals surface area contributed by atoms with Crippen LogP contribution in [0.25, 0.3) is 0 Å². The third kappa shape index (κ3) is 6.95.